The van der Waals surface area contributed by atoms with Gasteiger partial charge in [-0.3, -0.25) is 4.79 Å². The summed E-state index contributed by atoms with van der Waals surface area (Å²) in [6.07, 6.45) is 2.17. The number of aryl methyl sites for hydroxylation is 1. The van der Waals surface area contributed by atoms with Crippen molar-refractivity contribution in [3.8, 4) is 10.4 Å². The molecular weight excluding hydrogens is 527 g/mol. The highest BCUT2D eigenvalue weighted by Gasteiger charge is 2.19. The molecule has 4 aromatic rings. The van der Waals surface area contributed by atoms with Crippen LogP contribution in [0.4, 0.5) is 0 Å². The van der Waals surface area contributed by atoms with E-state index in [2.05, 4.69) is 14.7 Å². The molecule has 3 aromatic heterocycles. The highest BCUT2D eigenvalue weighted by atomic mass is 35.5. The Labute approximate surface area is 218 Å². The lowest BCUT2D eigenvalue weighted by atomic mass is 10.1. The molecule has 0 aliphatic carbocycles. The summed E-state index contributed by atoms with van der Waals surface area (Å²) in [5.41, 5.74) is 2.92. The molecule has 0 bridgehead atoms. The van der Waals surface area contributed by atoms with E-state index in [0.717, 1.165) is 28.8 Å². The molecule has 4 rings (SSSR count). The molecule has 3 heterocycles. The van der Waals surface area contributed by atoms with Crippen LogP contribution in [0.3, 0.4) is 0 Å². The largest absolute Gasteiger partial charge is 0.308 e. The van der Waals surface area contributed by atoms with E-state index in [1.165, 1.54) is 17.4 Å². The molecule has 0 aliphatic heterocycles. The number of halogens is 2. The van der Waals surface area contributed by atoms with Crippen LogP contribution in [0, 0.1) is 6.92 Å². The minimum absolute atomic E-state index is 0.00809. The Bertz CT molecular complexity index is 1500. The third-order valence-corrected chi connectivity index (χ3v) is 8.47. The number of carbonyl (C=O) groups is 1. The second-order valence-electron chi connectivity index (χ2n) is 8.15. The van der Waals surface area contributed by atoms with Crippen LogP contribution in [0.5, 0.6) is 0 Å². The maximum Gasteiger partial charge on any atom is 0.283 e. The Kier molecular flexibility index (Phi) is 7.80. The molecule has 0 aliphatic rings. The fourth-order valence-electron chi connectivity index (χ4n) is 3.69. The molecule has 0 radical (unpaired) electrons. The van der Waals surface area contributed by atoms with E-state index in [9.17, 15) is 13.2 Å². The van der Waals surface area contributed by atoms with Gasteiger partial charge < -0.3 is 4.57 Å². The molecule has 0 unspecified atom stereocenters. The summed E-state index contributed by atoms with van der Waals surface area (Å²) in [6.45, 7) is 4.21. The quantitative estimate of drug-likeness (QED) is 0.255. The third kappa shape index (κ3) is 6.03. The van der Waals surface area contributed by atoms with E-state index in [0.29, 0.717) is 39.3 Å². The van der Waals surface area contributed by atoms with Gasteiger partial charge in [0.2, 0.25) is 10.0 Å². The lowest BCUT2D eigenvalue weighted by molar-refractivity contribution is 0.0977. The van der Waals surface area contributed by atoms with Gasteiger partial charge in [0.25, 0.3) is 5.91 Å². The van der Waals surface area contributed by atoms with Gasteiger partial charge in [-0.25, -0.2) is 23.1 Å². The zero-order valence-corrected chi connectivity index (χ0v) is 22.4. The van der Waals surface area contributed by atoms with Crippen LogP contribution in [0.2, 0.25) is 9.36 Å². The second-order valence-corrected chi connectivity index (χ2v) is 12.1. The summed E-state index contributed by atoms with van der Waals surface area (Å²) in [6, 6.07) is 12.7. The fourth-order valence-corrected chi connectivity index (χ4v) is 6.04. The maximum atomic E-state index is 12.6. The molecule has 0 atom stereocenters. The SMILES string of the molecule is CCCCCS(=O)(=O)NC(=O)c1ccc2nc(C)n(Cc3ccc(-c4ccc(Cl)s4)cc3Cl)c2n1. The Hall–Kier alpha value is -2.46. The summed E-state index contributed by atoms with van der Waals surface area (Å²) in [5.74, 6) is -0.161. The Morgan fingerprint density at radius 1 is 1.09 bits per heavy atom. The van der Waals surface area contributed by atoms with Crippen molar-refractivity contribution in [2.45, 2.75) is 39.7 Å². The van der Waals surface area contributed by atoms with Gasteiger partial charge in [0.05, 0.1) is 16.6 Å². The number of thiophene rings is 1. The van der Waals surface area contributed by atoms with Crippen LogP contribution in [-0.4, -0.2) is 34.6 Å². The number of nitrogens with one attached hydrogen (secondary N) is 1. The topological polar surface area (TPSA) is 94.0 Å². The number of sulfonamides is 1. The zero-order valence-electron chi connectivity index (χ0n) is 19.2. The van der Waals surface area contributed by atoms with Crippen molar-refractivity contribution < 1.29 is 13.2 Å². The Morgan fingerprint density at radius 2 is 1.89 bits per heavy atom. The van der Waals surface area contributed by atoms with Crippen LogP contribution in [0.1, 0.15) is 48.1 Å². The average Bonchev–Trinajstić information content (AvgIpc) is 3.37. The fraction of sp³-hybridized carbons (Fsp3) is 0.292. The first-order chi connectivity index (χ1) is 16.7. The number of benzene rings is 1. The van der Waals surface area contributed by atoms with Crippen molar-refractivity contribution in [3.63, 3.8) is 0 Å². The normalized spacial score (nSPS) is 11.8. The summed E-state index contributed by atoms with van der Waals surface area (Å²) in [5, 5.41) is 0.584. The van der Waals surface area contributed by atoms with E-state index >= 15 is 0 Å². The van der Waals surface area contributed by atoms with Crippen molar-refractivity contribution in [3.05, 3.63) is 68.9 Å². The van der Waals surface area contributed by atoms with E-state index < -0.39 is 15.9 Å². The second kappa shape index (κ2) is 10.7. The highest BCUT2D eigenvalue weighted by Crippen LogP contribution is 2.33. The van der Waals surface area contributed by atoms with E-state index in [-0.39, 0.29) is 11.4 Å². The van der Waals surface area contributed by atoms with Crippen LogP contribution >= 0.6 is 34.5 Å². The molecule has 1 aromatic carbocycles. The lowest BCUT2D eigenvalue weighted by Gasteiger charge is -2.10. The standard InChI is InChI=1S/C24H24Cl2N4O3S2/c1-3-4-5-12-35(32,33)29-24(31)20-9-8-19-23(28-20)30(15(2)27-19)14-17-7-6-16(13-18(17)25)21-10-11-22(26)34-21/h6-11,13H,3-5,12,14H2,1-2H3,(H,29,31). The maximum absolute atomic E-state index is 12.6. The number of unbranched alkanes of at least 4 members (excludes halogenated alkanes) is 2. The minimum Gasteiger partial charge on any atom is -0.308 e. The van der Waals surface area contributed by atoms with Crippen LogP contribution in [0.25, 0.3) is 21.6 Å². The molecule has 11 heteroatoms. The summed E-state index contributed by atoms with van der Waals surface area (Å²) < 4.78 is 29.1. The number of hydrogen-bond donors (Lipinski definition) is 1. The first kappa shape index (κ1) is 25.6. The number of rotatable bonds is 9. The van der Waals surface area contributed by atoms with Gasteiger partial charge in [0, 0.05) is 9.90 Å². The molecular formula is C24H24Cl2N4O3S2. The van der Waals surface area contributed by atoms with Crippen molar-refractivity contribution in [2.75, 3.05) is 5.75 Å². The van der Waals surface area contributed by atoms with Crippen molar-refractivity contribution in [2.24, 2.45) is 0 Å². The predicted molar refractivity (Wildman–Crippen MR) is 142 cm³/mol. The number of pyridine rings is 1. The molecule has 0 spiro atoms. The smallest absolute Gasteiger partial charge is 0.283 e. The molecule has 0 fully saturated rings. The van der Waals surface area contributed by atoms with E-state index in [1.807, 2.05) is 48.7 Å². The molecule has 1 N–H and O–H groups in total. The first-order valence-electron chi connectivity index (χ1n) is 11.1. The van der Waals surface area contributed by atoms with E-state index in [4.69, 9.17) is 23.2 Å². The number of hydrogen-bond acceptors (Lipinski definition) is 6. The van der Waals surface area contributed by atoms with Gasteiger partial charge in [-0.05, 0) is 54.8 Å². The van der Waals surface area contributed by atoms with Gasteiger partial charge in [0.1, 0.15) is 17.0 Å². The van der Waals surface area contributed by atoms with Crippen molar-refractivity contribution in [1.29, 1.82) is 0 Å². The van der Waals surface area contributed by atoms with Gasteiger partial charge >= 0.3 is 0 Å². The number of carbonyl (C=O) groups excluding carboxylic acids is 1. The van der Waals surface area contributed by atoms with Crippen LogP contribution in [0.15, 0.2) is 42.5 Å². The van der Waals surface area contributed by atoms with Crippen LogP contribution < -0.4 is 4.72 Å². The van der Waals surface area contributed by atoms with Gasteiger partial charge in [-0.1, -0.05) is 55.1 Å². The number of aromatic nitrogens is 3. The van der Waals surface area contributed by atoms with Crippen molar-refractivity contribution in [1.82, 2.24) is 19.3 Å². The lowest BCUT2D eigenvalue weighted by Crippen LogP contribution is -2.33. The van der Waals surface area contributed by atoms with Gasteiger partial charge in [0.15, 0.2) is 5.65 Å². The molecule has 0 saturated carbocycles. The zero-order chi connectivity index (χ0) is 25.2. The Balaban J connectivity index is 1.59. The number of fused-ring (bicyclic) bond motifs is 1. The molecule has 184 valence electrons. The monoisotopic (exact) mass is 550 g/mol. The molecule has 1 amide bonds. The highest BCUT2D eigenvalue weighted by molar-refractivity contribution is 7.90. The predicted octanol–water partition coefficient (Wildman–Crippen LogP) is 6.07. The molecule has 7 nitrogen and oxygen atoms in total. The Morgan fingerprint density at radius 3 is 2.57 bits per heavy atom. The van der Waals surface area contributed by atoms with Crippen molar-refractivity contribution >= 4 is 61.6 Å². The molecule has 35 heavy (non-hydrogen) atoms. The first-order valence-corrected chi connectivity index (χ1v) is 14.3. The number of amides is 1. The minimum atomic E-state index is -3.73. The summed E-state index contributed by atoms with van der Waals surface area (Å²) in [7, 11) is -3.73. The molecule has 0 saturated heterocycles. The number of nitrogens with zero attached hydrogens (tertiary/aromatic N) is 3. The van der Waals surface area contributed by atoms with Gasteiger partial charge in [-0.2, -0.15) is 0 Å². The third-order valence-electron chi connectivity index (χ3n) is 5.52. The average molecular weight is 552 g/mol. The summed E-state index contributed by atoms with van der Waals surface area (Å²) >= 11 is 14.1. The van der Waals surface area contributed by atoms with E-state index in [1.54, 1.807) is 6.07 Å². The van der Waals surface area contributed by atoms with Crippen LogP contribution in [-0.2, 0) is 16.6 Å². The summed E-state index contributed by atoms with van der Waals surface area (Å²) in [4.78, 5) is 22.6. The van der Waals surface area contributed by atoms with Gasteiger partial charge in [-0.15, -0.1) is 11.3 Å². The number of imidazole rings is 1.